The molecule has 0 aliphatic rings. The predicted octanol–water partition coefficient (Wildman–Crippen LogP) is 4.18. The number of hydrogen-bond acceptors (Lipinski definition) is 2. The van der Waals surface area contributed by atoms with Gasteiger partial charge in [-0.05, 0) is 30.2 Å². The van der Waals surface area contributed by atoms with Crippen molar-refractivity contribution in [2.24, 2.45) is 0 Å². The van der Waals surface area contributed by atoms with Crippen LogP contribution in [0.1, 0.15) is 16.1 Å². The van der Waals surface area contributed by atoms with E-state index >= 15 is 0 Å². The second kappa shape index (κ2) is 7.06. The molecule has 2 heterocycles. The zero-order valence-corrected chi connectivity index (χ0v) is 14.7. The molecule has 0 unspecified atom stereocenters. The number of fused-ring (bicyclic) bond motifs is 1. The number of amides is 1. The van der Waals surface area contributed by atoms with Crippen LogP contribution in [0.25, 0.3) is 22.2 Å². The molecule has 0 aliphatic carbocycles. The summed E-state index contributed by atoms with van der Waals surface area (Å²) in [4.78, 5) is 15.6. The quantitative estimate of drug-likeness (QED) is 0.497. The third kappa shape index (κ3) is 3.21. The number of benzene rings is 2. The molecular formula is C20H17ClN4O. The van der Waals surface area contributed by atoms with Gasteiger partial charge in [-0.2, -0.15) is 5.10 Å². The molecule has 2 aromatic heterocycles. The van der Waals surface area contributed by atoms with E-state index in [4.69, 9.17) is 11.6 Å². The van der Waals surface area contributed by atoms with Gasteiger partial charge in [-0.25, -0.2) is 0 Å². The molecule has 6 heteroatoms. The Morgan fingerprint density at radius 1 is 1.12 bits per heavy atom. The molecule has 1 amide bonds. The molecule has 0 atom stereocenters. The fourth-order valence-electron chi connectivity index (χ4n) is 2.99. The second-order valence-corrected chi connectivity index (χ2v) is 6.42. The molecule has 4 rings (SSSR count). The van der Waals surface area contributed by atoms with Crippen LogP contribution in [0.2, 0.25) is 5.02 Å². The van der Waals surface area contributed by atoms with E-state index in [1.807, 2.05) is 42.6 Å². The van der Waals surface area contributed by atoms with Crippen molar-refractivity contribution in [2.45, 2.75) is 6.42 Å². The molecule has 0 fully saturated rings. The first-order valence-electron chi connectivity index (χ1n) is 8.36. The van der Waals surface area contributed by atoms with Crippen molar-refractivity contribution >= 4 is 28.4 Å². The highest BCUT2D eigenvalue weighted by atomic mass is 35.5. The van der Waals surface area contributed by atoms with Gasteiger partial charge < -0.3 is 10.3 Å². The van der Waals surface area contributed by atoms with E-state index in [1.54, 1.807) is 12.1 Å². The van der Waals surface area contributed by atoms with E-state index in [0.717, 1.165) is 17.5 Å². The van der Waals surface area contributed by atoms with E-state index in [1.165, 1.54) is 10.9 Å². The fraction of sp³-hybridized carbons (Fsp3) is 0.100. The van der Waals surface area contributed by atoms with E-state index in [9.17, 15) is 4.79 Å². The number of hydrogen-bond donors (Lipinski definition) is 3. The lowest BCUT2D eigenvalue weighted by molar-refractivity contribution is 0.0949. The normalized spacial score (nSPS) is 11.0. The average molecular weight is 365 g/mol. The highest BCUT2D eigenvalue weighted by Crippen LogP contribution is 2.26. The lowest BCUT2D eigenvalue weighted by Gasteiger charge is -2.03. The summed E-state index contributed by atoms with van der Waals surface area (Å²) in [6, 6.07) is 17.3. The molecule has 26 heavy (non-hydrogen) atoms. The van der Waals surface area contributed by atoms with Crippen LogP contribution in [-0.4, -0.2) is 27.6 Å². The van der Waals surface area contributed by atoms with Crippen molar-refractivity contribution in [1.29, 1.82) is 0 Å². The number of H-pyrrole nitrogens is 2. The van der Waals surface area contributed by atoms with Gasteiger partial charge in [0.15, 0.2) is 0 Å². The SMILES string of the molecule is O=C(NCCc1c[nH]c2ccccc12)c1cc(-c2ccccc2Cl)n[nH]1. The lowest BCUT2D eigenvalue weighted by atomic mass is 10.1. The van der Waals surface area contributed by atoms with Crippen LogP contribution in [0.4, 0.5) is 0 Å². The summed E-state index contributed by atoms with van der Waals surface area (Å²) in [5, 5.41) is 11.7. The first-order chi connectivity index (χ1) is 12.7. The maximum Gasteiger partial charge on any atom is 0.269 e. The number of carbonyl (C=O) groups is 1. The van der Waals surface area contributed by atoms with Gasteiger partial charge in [0.05, 0.1) is 10.7 Å². The monoisotopic (exact) mass is 364 g/mol. The van der Waals surface area contributed by atoms with Crippen molar-refractivity contribution in [3.05, 3.63) is 77.1 Å². The van der Waals surface area contributed by atoms with Crippen LogP contribution in [-0.2, 0) is 6.42 Å². The third-order valence-corrected chi connectivity index (χ3v) is 4.66. The minimum absolute atomic E-state index is 0.185. The van der Waals surface area contributed by atoms with Crippen LogP contribution in [0.5, 0.6) is 0 Å². The zero-order chi connectivity index (χ0) is 17.9. The van der Waals surface area contributed by atoms with Gasteiger partial charge in [0.25, 0.3) is 5.91 Å². The van der Waals surface area contributed by atoms with Crippen molar-refractivity contribution in [3.8, 4) is 11.3 Å². The topological polar surface area (TPSA) is 73.6 Å². The zero-order valence-electron chi connectivity index (χ0n) is 13.9. The predicted molar refractivity (Wildman–Crippen MR) is 103 cm³/mol. The molecule has 0 bridgehead atoms. The van der Waals surface area contributed by atoms with Gasteiger partial charge in [-0.3, -0.25) is 9.89 Å². The molecule has 5 nitrogen and oxygen atoms in total. The minimum atomic E-state index is -0.185. The number of nitrogens with one attached hydrogen (secondary N) is 3. The van der Waals surface area contributed by atoms with Crippen LogP contribution in [0, 0.1) is 0 Å². The third-order valence-electron chi connectivity index (χ3n) is 4.33. The fourth-order valence-corrected chi connectivity index (χ4v) is 3.22. The van der Waals surface area contributed by atoms with E-state index in [-0.39, 0.29) is 5.91 Å². The number of para-hydroxylation sites is 1. The molecule has 0 saturated carbocycles. The number of carbonyl (C=O) groups excluding carboxylic acids is 1. The Bertz CT molecular complexity index is 1070. The first-order valence-corrected chi connectivity index (χ1v) is 8.73. The molecule has 0 spiro atoms. The maximum atomic E-state index is 12.3. The lowest BCUT2D eigenvalue weighted by Crippen LogP contribution is -2.25. The Balaban J connectivity index is 1.40. The van der Waals surface area contributed by atoms with Gasteiger partial charge in [0, 0.05) is 29.2 Å². The molecule has 4 aromatic rings. The summed E-state index contributed by atoms with van der Waals surface area (Å²) in [5.41, 5.74) is 4.15. The smallest absolute Gasteiger partial charge is 0.269 e. The Kier molecular flexibility index (Phi) is 4.46. The summed E-state index contributed by atoms with van der Waals surface area (Å²) >= 11 is 6.18. The molecule has 0 aliphatic heterocycles. The van der Waals surface area contributed by atoms with Crippen molar-refractivity contribution in [1.82, 2.24) is 20.5 Å². The molecule has 0 saturated heterocycles. The summed E-state index contributed by atoms with van der Waals surface area (Å²) in [5.74, 6) is -0.185. The maximum absolute atomic E-state index is 12.3. The van der Waals surface area contributed by atoms with Crippen LogP contribution in [0.3, 0.4) is 0 Å². The largest absolute Gasteiger partial charge is 0.361 e. The highest BCUT2D eigenvalue weighted by Gasteiger charge is 2.12. The van der Waals surface area contributed by atoms with Crippen LogP contribution < -0.4 is 5.32 Å². The first kappa shape index (κ1) is 16.4. The summed E-state index contributed by atoms with van der Waals surface area (Å²) in [7, 11) is 0. The molecular weight excluding hydrogens is 348 g/mol. The van der Waals surface area contributed by atoms with E-state index in [2.05, 4.69) is 26.6 Å². The Hall–Kier alpha value is -3.05. The molecule has 0 radical (unpaired) electrons. The standard InChI is InChI=1S/C20H17ClN4O/c21-16-7-3-1-6-15(16)18-11-19(25-24-18)20(26)22-10-9-13-12-23-17-8-4-2-5-14(13)17/h1-8,11-12,23H,9-10H2,(H,22,26)(H,24,25). The Labute approximate surface area is 155 Å². The molecule has 3 N–H and O–H groups in total. The number of aromatic amines is 2. The van der Waals surface area contributed by atoms with Crippen LogP contribution in [0.15, 0.2) is 60.8 Å². The number of halogens is 1. The Morgan fingerprint density at radius 2 is 1.92 bits per heavy atom. The number of nitrogens with zero attached hydrogens (tertiary/aromatic N) is 1. The van der Waals surface area contributed by atoms with Gasteiger partial charge >= 0.3 is 0 Å². The summed E-state index contributed by atoms with van der Waals surface area (Å²) in [6.07, 6.45) is 2.74. The van der Waals surface area contributed by atoms with Crippen molar-refractivity contribution in [2.75, 3.05) is 6.54 Å². The van der Waals surface area contributed by atoms with E-state index in [0.29, 0.717) is 23.0 Å². The minimum Gasteiger partial charge on any atom is -0.361 e. The van der Waals surface area contributed by atoms with Crippen LogP contribution >= 0.6 is 11.6 Å². The molecule has 2 aromatic carbocycles. The number of aromatic nitrogens is 3. The number of rotatable bonds is 5. The van der Waals surface area contributed by atoms with E-state index < -0.39 is 0 Å². The highest BCUT2D eigenvalue weighted by molar-refractivity contribution is 6.33. The van der Waals surface area contributed by atoms with Crippen molar-refractivity contribution in [3.63, 3.8) is 0 Å². The second-order valence-electron chi connectivity index (χ2n) is 6.01. The summed E-state index contributed by atoms with van der Waals surface area (Å²) < 4.78 is 0. The van der Waals surface area contributed by atoms with Gasteiger partial charge in [0.1, 0.15) is 5.69 Å². The Morgan fingerprint density at radius 3 is 2.81 bits per heavy atom. The van der Waals surface area contributed by atoms with Gasteiger partial charge in [-0.15, -0.1) is 0 Å². The molecule has 130 valence electrons. The van der Waals surface area contributed by atoms with Crippen molar-refractivity contribution < 1.29 is 4.79 Å². The summed E-state index contributed by atoms with van der Waals surface area (Å²) in [6.45, 7) is 0.543. The van der Waals surface area contributed by atoms with Gasteiger partial charge in [-0.1, -0.05) is 48.0 Å². The average Bonchev–Trinajstić information content (AvgIpc) is 3.30. The van der Waals surface area contributed by atoms with Gasteiger partial charge in [0.2, 0.25) is 0 Å².